The third kappa shape index (κ3) is 3.71. The summed E-state index contributed by atoms with van der Waals surface area (Å²) in [4.78, 5) is 0.0924. The number of nitrogens with one attached hydrogen (secondary N) is 1. The zero-order chi connectivity index (χ0) is 18.1. The molecule has 1 atom stereocenters. The van der Waals surface area contributed by atoms with Crippen LogP contribution in [-0.4, -0.2) is 34.0 Å². The van der Waals surface area contributed by atoms with Crippen LogP contribution in [0.1, 0.15) is 12.5 Å². The van der Waals surface area contributed by atoms with Gasteiger partial charge >= 0.3 is 0 Å². The first kappa shape index (κ1) is 17.5. The smallest absolute Gasteiger partial charge is 0.240 e. The normalized spacial score (nSPS) is 15.6. The molecule has 1 unspecified atom stereocenters. The van der Waals surface area contributed by atoms with E-state index in [9.17, 15) is 13.5 Å². The minimum atomic E-state index is -3.76. The summed E-state index contributed by atoms with van der Waals surface area (Å²) in [5, 5.41) is 10.7. The van der Waals surface area contributed by atoms with E-state index in [4.69, 9.17) is 14.2 Å². The van der Waals surface area contributed by atoms with Gasteiger partial charge in [0.1, 0.15) is 11.4 Å². The monoisotopic (exact) mass is 365 g/mol. The van der Waals surface area contributed by atoms with Gasteiger partial charge in [-0.2, -0.15) is 0 Å². The summed E-state index contributed by atoms with van der Waals surface area (Å²) >= 11 is 0. The number of ether oxygens (including phenoxy) is 3. The molecule has 0 radical (unpaired) electrons. The second-order valence-electron chi connectivity index (χ2n) is 5.84. The number of sulfonamides is 1. The van der Waals surface area contributed by atoms with Gasteiger partial charge in [-0.25, -0.2) is 13.1 Å². The van der Waals surface area contributed by atoms with Crippen molar-refractivity contribution in [2.24, 2.45) is 0 Å². The fraction of sp³-hybridized carbons (Fsp3) is 0.294. The Balaban J connectivity index is 1.74. The Labute approximate surface area is 146 Å². The van der Waals surface area contributed by atoms with E-state index < -0.39 is 15.6 Å². The minimum absolute atomic E-state index is 0.0924. The number of methoxy groups -OCH3 is 1. The molecule has 25 heavy (non-hydrogen) atoms. The van der Waals surface area contributed by atoms with E-state index in [2.05, 4.69) is 4.72 Å². The molecule has 0 saturated carbocycles. The summed E-state index contributed by atoms with van der Waals surface area (Å²) in [6.07, 6.45) is 0. The van der Waals surface area contributed by atoms with Gasteiger partial charge in [-0.1, -0.05) is 6.07 Å². The van der Waals surface area contributed by atoms with E-state index in [1.165, 1.54) is 26.2 Å². The number of rotatable bonds is 6. The molecule has 1 aliphatic rings. The first-order valence-corrected chi connectivity index (χ1v) is 9.06. The number of aliphatic hydroxyl groups is 1. The molecule has 3 rings (SSSR count). The highest BCUT2D eigenvalue weighted by Crippen LogP contribution is 2.35. The van der Waals surface area contributed by atoms with E-state index in [1.807, 2.05) is 0 Å². The van der Waals surface area contributed by atoms with Gasteiger partial charge in [-0.15, -0.1) is 0 Å². The molecular weight excluding hydrogens is 346 g/mol. The predicted octanol–water partition coefficient (Wildman–Crippen LogP) is 1.61. The lowest BCUT2D eigenvalue weighted by molar-refractivity contribution is 0.0625. The van der Waals surface area contributed by atoms with Gasteiger partial charge < -0.3 is 19.3 Å². The average molecular weight is 365 g/mol. The number of hydrogen-bond acceptors (Lipinski definition) is 6. The zero-order valence-electron chi connectivity index (χ0n) is 13.9. The molecule has 1 heterocycles. The SMILES string of the molecule is COc1ccc(S(=O)(=O)NCC(C)(O)c2ccc3c(c2)OCO3)cc1. The molecule has 2 aromatic carbocycles. The maximum Gasteiger partial charge on any atom is 0.240 e. The molecule has 0 spiro atoms. The Kier molecular flexibility index (Phi) is 4.59. The van der Waals surface area contributed by atoms with Crippen LogP contribution < -0.4 is 18.9 Å². The standard InChI is InChI=1S/C17H19NO6S/c1-17(19,12-3-8-15-16(9-12)24-11-23-15)10-18-25(20,21)14-6-4-13(22-2)5-7-14/h3-9,18-19H,10-11H2,1-2H3. The van der Waals surface area contributed by atoms with Crippen LogP contribution in [0.25, 0.3) is 0 Å². The molecule has 8 heteroatoms. The largest absolute Gasteiger partial charge is 0.497 e. The van der Waals surface area contributed by atoms with Gasteiger partial charge in [0.25, 0.3) is 0 Å². The summed E-state index contributed by atoms with van der Waals surface area (Å²) in [7, 11) is -2.26. The van der Waals surface area contributed by atoms with Crippen LogP contribution in [-0.2, 0) is 15.6 Å². The van der Waals surface area contributed by atoms with Crippen LogP contribution in [0, 0.1) is 0 Å². The second-order valence-corrected chi connectivity index (χ2v) is 7.61. The van der Waals surface area contributed by atoms with E-state index >= 15 is 0 Å². The van der Waals surface area contributed by atoms with Crippen LogP contribution in [0.5, 0.6) is 17.2 Å². The lowest BCUT2D eigenvalue weighted by Crippen LogP contribution is -2.38. The summed E-state index contributed by atoms with van der Waals surface area (Å²) < 4.78 is 42.7. The Morgan fingerprint density at radius 3 is 2.52 bits per heavy atom. The number of benzene rings is 2. The maximum atomic E-state index is 12.4. The highest BCUT2D eigenvalue weighted by Gasteiger charge is 2.28. The first-order valence-electron chi connectivity index (χ1n) is 7.58. The van der Waals surface area contributed by atoms with Crippen molar-refractivity contribution in [1.82, 2.24) is 4.72 Å². The van der Waals surface area contributed by atoms with Crippen LogP contribution in [0.3, 0.4) is 0 Å². The molecule has 134 valence electrons. The van der Waals surface area contributed by atoms with Crippen molar-refractivity contribution in [2.75, 3.05) is 20.4 Å². The van der Waals surface area contributed by atoms with E-state index in [1.54, 1.807) is 30.3 Å². The predicted molar refractivity (Wildman–Crippen MR) is 90.3 cm³/mol. The average Bonchev–Trinajstić information content (AvgIpc) is 3.08. The number of hydrogen-bond donors (Lipinski definition) is 2. The van der Waals surface area contributed by atoms with Crippen molar-refractivity contribution in [1.29, 1.82) is 0 Å². The molecule has 7 nitrogen and oxygen atoms in total. The van der Waals surface area contributed by atoms with Gasteiger partial charge in [0.05, 0.1) is 12.0 Å². The van der Waals surface area contributed by atoms with Crippen molar-refractivity contribution >= 4 is 10.0 Å². The molecule has 0 saturated heterocycles. The van der Waals surface area contributed by atoms with Crippen molar-refractivity contribution in [3.8, 4) is 17.2 Å². The van der Waals surface area contributed by atoms with Gasteiger partial charge in [0, 0.05) is 6.54 Å². The Bertz CT molecular complexity index is 861. The van der Waals surface area contributed by atoms with Crippen LogP contribution >= 0.6 is 0 Å². The number of fused-ring (bicyclic) bond motifs is 1. The van der Waals surface area contributed by atoms with Crippen molar-refractivity contribution < 1.29 is 27.7 Å². The fourth-order valence-corrected chi connectivity index (χ4v) is 3.54. The minimum Gasteiger partial charge on any atom is -0.497 e. The molecule has 1 aliphatic heterocycles. The zero-order valence-corrected chi connectivity index (χ0v) is 14.7. The summed E-state index contributed by atoms with van der Waals surface area (Å²) in [5.74, 6) is 1.68. The molecular formula is C17H19NO6S. The second kappa shape index (κ2) is 6.55. The lowest BCUT2D eigenvalue weighted by atomic mass is 9.96. The van der Waals surface area contributed by atoms with Crippen LogP contribution in [0.15, 0.2) is 47.4 Å². The molecule has 0 amide bonds. The quantitative estimate of drug-likeness (QED) is 0.808. The van der Waals surface area contributed by atoms with Crippen molar-refractivity contribution in [3.05, 3.63) is 48.0 Å². The highest BCUT2D eigenvalue weighted by atomic mass is 32.2. The fourth-order valence-electron chi connectivity index (χ4n) is 2.41. The molecule has 0 bridgehead atoms. The molecule has 0 aromatic heterocycles. The third-order valence-electron chi connectivity index (χ3n) is 3.97. The Morgan fingerprint density at radius 2 is 1.84 bits per heavy atom. The van der Waals surface area contributed by atoms with E-state index in [-0.39, 0.29) is 18.2 Å². The Hall–Kier alpha value is -2.29. The van der Waals surface area contributed by atoms with Crippen molar-refractivity contribution in [2.45, 2.75) is 17.4 Å². The third-order valence-corrected chi connectivity index (χ3v) is 5.39. The summed E-state index contributed by atoms with van der Waals surface area (Å²) in [6.45, 7) is 1.47. The van der Waals surface area contributed by atoms with Gasteiger partial charge in [-0.3, -0.25) is 0 Å². The molecule has 2 N–H and O–H groups in total. The molecule has 0 aliphatic carbocycles. The highest BCUT2D eigenvalue weighted by molar-refractivity contribution is 7.89. The van der Waals surface area contributed by atoms with Crippen LogP contribution in [0.4, 0.5) is 0 Å². The topological polar surface area (TPSA) is 94.1 Å². The van der Waals surface area contributed by atoms with Gasteiger partial charge in [0.15, 0.2) is 11.5 Å². The lowest BCUT2D eigenvalue weighted by Gasteiger charge is -2.24. The summed E-state index contributed by atoms with van der Waals surface area (Å²) in [5.41, 5.74) is -0.894. The first-order chi connectivity index (χ1) is 11.8. The van der Waals surface area contributed by atoms with E-state index in [0.717, 1.165) is 0 Å². The molecule has 2 aromatic rings. The van der Waals surface area contributed by atoms with Crippen molar-refractivity contribution in [3.63, 3.8) is 0 Å². The Morgan fingerprint density at radius 1 is 1.16 bits per heavy atom. The summed E-state index contributed by atoms with van der Waals surface area (Å²) in [6, 6.07) is 11.0. The van der Waals surface area contributed by atoms with Crippen LogP contribution in [0.2, 0.25) is 0 Å². The maximum absolute atomic E-state index is 12.4. The van der Waals surface area contributed by atoms with Gasteiger partial charge in [0.2, 0.25) is 16.8 Å². The van der Waals surface area contributed by atoms with E-state index in [0.29, 0.717) is 22.8 Å². The van der Waals surface area contributed by atoms with Gasteiger partial charge in [-0.05, 0) is 48.9 Å². The molecule has 0 fully saturated rings.